The smallest absolute Gasteiger partial charge is 0.259 e. The lowest BCUT2D eigenvalue weighted by molar-refractivity contribution is 0.577. The highest BCUT2D eigenvalue weighted by Crippen LogP contribution is 2.12. The van der Waals surface area contributed by atoms with Gasteiger partial charge in [-0.05, 0) is 20.8 Å². The Labute approximate surface area is 148 Å². The minimum atomic E-state index is -3.63. The van der Waals surface area contributed by atoms with Gasteiger partial charge in [0.15, 0.2) is 5.03 Å². The maximum Gasteiger partial charge on any atom is 0.259 e. The molecule has 0 atom stereocenters. The van der Waals surface area contributed by atoms with Crippen LogP contribution in [0.15, 0.2) is 23.6 Å². The van der Waals surface area contributed by atoms with Gasteiger partial charge in [0.1, 0.15) is 5.82 Å². The van der Waals surface area contributed by atoms with Gasteiger partial charge in [-0.3, -0.25) is 0 Å². The molecule has 0 fully saturated rings. The van der Waals surface area contributed by atoms with Crippen LogP contribution >= 0.6 is 0 Å². The van der Waals surface area contributed by atoms with Gasteiger partial charge in [0.2, 0.25) is 5.95 Å². The molecule has 0 aliphatic carbocycles. The van der Waals surface area contributed by atoms with E-state index >= 15 is 0 Å². The summed E-state index contributed by atoms with van der Waals surface area (Å²) in [6.45, 7) is 6.36. The fourth-order valence-electron chi connectivity index (χ4n) is 2.03. The molecule has 0 unspecified atom stereocenters. The van der Waals surface area contributed by atoms with Gasteiger partial charge in [0, 0.05) is 51.2 Å². The highest BCUT2D eigenvalue weighted by atomic mass is 32.2. The van der Waals surface area contributed by atoms with Gasteiger partial charge in [0.25, 0.3) is 10.0 Å². The lowest BCUT2D eigenvalue weighted by Crippen LogP contribution is -2.29. The van der Waals surface area contributed by atoms with Gasteiger partial charge >= 0.3 is 0 Å². The Morgan fingerprint density at radius 1 is 1.24 bits per heavy atom. The van der Waals surface area contributed by atoms with E-state index < -0.39 is 10.0 Å². The van der Waals surface area contributed by atoms with Crippen molar-refractivity contribution < 1.29 is 8.42 Å². The number of nitrogens with zero attached hydrogens (tertiary/aromatic N) is 5. The lowest BCUT2D eigenvalue weighted by Gasteiger charge is -2.13. The molecule has 138 valence electrons. The first-order valence-electron chi connectivity index (χ1n) is 7.99. The van der Waals surface area contributed by atoms with Gasteiger partial charge in [-0.15, -0.1) is 0 Å². The number of hydrogen-bond donors (Lipinski definition) is 2. The fraction of sp³-hybridized carbons (Fsp3) is 0.533. The molecule has 25 heavy (non-hydrogen) atoms. The SMILES string of the molecule is Cc1cc(N(C)C)nc(NCCNS(=O)(=O)c2cn(C(C)C)cn2)n1. The van der Waals surface area contributed by atoms with Gasteiger partial charge in [-0.2, -0.15) is 4.98 Å². The van der Waals surface area contributed by atoms with Crippen molar-refractivity contribution in [2.45, 2.75) is 31.8 Å². The van der Waals surface area contributed by atoms with Crippen molar-refractivity contribution in [1.82, 2.24) is 24.2 Å². The average molecular weight is 367 g/mol. The molecule has 0 saturated heterocycles. The van der Waals surface area contributed by atoms with Gasteiger partial charge in [-0.1, -0.05) is 0 Å². The molecule has 2 rings (SSSR count). The van der Waals surface area contributed by atoms with Gasteiger partial charge in [-0.25, -0.2) is 23.1 Å². The van der Waals surface area contributed by atoms with E-state index in [1.54, 1.807) is 4.57 Å². The Morgan fingerprint density at radius 3 is 2.56 bits per heavy atom. The maximum atomic E-state index is 12.2. The van der Waals surface area contributed by atoms with Crippen molar-refractivity contribution >= 4 is 21.8 Å². The Kier molecular flexibility index (Phi) is 5.96. The van der Waals surface area contributed by atoms with Crippen molar-refractivity contribution in [2.75, 3.05) is 37.4 Å². The molecule has 0 spiro atoms. The third-order valence-corrected chi connectivity index (χ3v) is 4.79. The van der Waals surface area contributed by atoms with E-state index in [0.717, 1.165) is 11.5 Å². The minimum Gasteiger partial charge on any atom is -0.363 e. The molecule has 0 bridgehead atoms. The van der Waals surface area contributed by atoms with Gasteiger partial charge < -0.3 is 14.8 Å². The molecule has 0 saturated carbocycles. The zero-order chi connectivity index (χ0) is 18.6. The molecule has 2 heterocycles. The maximum absolute atomic E-state index is 12.2. The van der Waals surface area contributed by atoms with E-state index in [1.807, 2.05) is 45.8 Å². The number of aryl methyl sites for hydroxylation is 1. The number of anilines is 2. The molecule has 2 aromatic rings. The Morgan fingerprint density at radius 2 is 1.96 bits per heavy atom. The van der Waals surface area contributed by atoms with Crippen LogP contribution in [0.4, 0.5) is 11.8 Å². The predicted octanol–water partition coefficient (Wildman–Crippen LogP) is 1.02. The van der Waals surface area contributed by atoms with Gasteiger partial charge in [0.05, 0.1) is 6.33 Å². The third kappa shape index (κ3) is 5.13. The van der Waals surface area contributed by atoms with Crippen LogP contribution in [0.3, 0.4) is 0 Å². The van der Waals surface area contributed by atoms with Crippen LogP contribution in [0.5, 0.6) is 0 Å². The molecular weight excluding hydrogens is 342 g/mol. The number of hydrogen-bond acceptors (Lipinski definition) is 7. The quantitative estimate of drug-likeness (QED) is 0.671. The first-order chi connectivity index (χ1) is 11.7. The van der Waals surface area contributed by atoms with Crippen molar-refractivity contribution in [1.29, 1.82) is 0 Å². The minimum absolute atomic E-state index is 0.0166. The van der Waals surface area contributed by atoms with Crippen LogP contribution in [0.1, 0.15) is 25.6 Å². The average Bonchev–Trinajstić information content (AvgIpc) is 3.02. The largest absolute Gasteiger partial charge is 0.363 e. The molecule has 0 aromatic carbocycles. The summed E-state index contributed by atoms with van der Waals surface area (Å²) >= 11 is 0. The van der Waals surface area contributed by atoms with E-state index in [2.05, 4.69) is 25.0 Å². The molecular formula is C15H25N7O2S. The van der Waals surface area contributed by atoms with Crippen LogP contribution in [-0.4, -0.2) is 55.1 Å². The Balaban J connectivity index is 1.92. The van der Waals surface area contributed by atoms with Crippen molar-refractivity contribution in [3.63, 3.8) is 0 Å². The topological polar surface area (TPSA) is 105 Å². The van der Waals surface area contributed by atoms with E-state index in [9.17, 15) is 8.42 Å². The van der Waals surface area contributed by atoms with E-state index in [0.29, 0.717) is 12.5 Å². The number of sulfonamides is 1. The summed E-state index contributed by atoms with van der Waals surface area (Å²) in [6.07, 6.45) is 3.04. The zero-order valence-corrected chi connectivity index (χ0v) is 16.0. The normalized spacial score (nSPS) is 11.8. The second kappa shape index (κ2) is 7.79. The molecule has 0 aliphatic heterocycles. The van der Waals surface area contributed by atoms with Crippen LogP contribution in [0.25, 0.3) is 0 Å². The third-order valence-electron chi connectivity index (χ3n) is 3.45. The summed E-state index contributed by atoms with van der Waals surface area (Å²) in [6, 6.07) is 2.03. The number of aromatic nitrogens is 4. The fourth-order valence-corrected chi connectivity index (χ4v) is 3.00. The van der Waals surface area contributed by atoms with Crippen LogP contribution in [0, 0.1) is 6.92 Å². The summed E-state index contributed by atoms with van der Waals surface area (Å²) in [7, 11) is 0.169. The molecule has 10 heteroatoms. The highest BCUT2D eigenvalue weighted by molar-refractivity contribution is 7.89. The summed E-state index contributed by atoms with van der Waals surface area (Å²) in [4.78, 5) is 14.5. The number of rotatable bonds is 8. The second-order valence-electron chi connectivity index (χ2n) is 6.16. The molecule has 2 N–H and O–H groups in total. The van der Waals surface area contributed by atoms with Crippen LogP contribution in [0.2, 0.25) is 0 Å². The van der Waals surface area contributed by atoms with E-state index in [4.69, 9.17) is 0 Å². The summed E-state index contributed by atoms with van der Waals surface area (Å²) < 4.78 is 28.7. The van der Waals surface area contributed by atoms with Crippen molar-refractivity contribution in [3.8, 4) is 0 Å². The molecule has 0 radical (unpaired) electrons. The molecule has 0 aliphatic rings. The molecule has 0 amide bonds. The highest BCUT2D eigenvalue weighted by Gasteiger charge is 2.17. The van der Waals surface area contributed by atoms with E-state index in [1.165, 1.54) is 12.5 Å². The van der Waals surface area contributed by atoms with Crippen LogP contribution in [-0.2, 0) is 10.0 Å². The molecule has 9 nitrogen and oxygen atoms in total. The Hall–Kier alpha value is -2.20. The number of imidazole rings is 1. The molecule has 2 aromatic heterocycles. The monoisotopic (exact) mass is 367 g/mol. The van der Waals surface area contributed by atoms with E-state index in [-0.39, 0.29) is 17.6 Å². The zero-order valence-electron chi connectivity index (χ0n) is 15.2. The van der Waals surface area contributed by atoms with Crippen LogP contribution < -0.4 is 14.9 Å². The summed E-state index contributed by atoms with van der Waals surface area (Å²) in [5.74, 6) is 1.25. The second-order valence-corrected chi connectivity index (χ2v) is 7.88. The number of nitrogens with one attached hydrogen (secondary N) is 2. The summed E-state index contributed by atoms with van der Waals surface area (Å²) in [5, 5.41) is 3.04. The lowest BCUT2D eigenvalue weighted by atomic mass is 10.4. The van der Waals surface area contributed by atoms with Crippen molar-refractivity contribution in [2.24, 2.45) is 0 Å². The first kappa shape index (κ1) is 19.1. The standard InChI is InChI=1S/C15H25N7O2S/c1-11(2)22-9-14(17-10-22)25(23,24)18-7-6-16-15-19-12(3)8-13(20-15)21(4)5/h8-11,18H,6-7H2,1-5H3,(H,16,19,20). The Bertz CT molecular complexity index is 815. The predicted molar refractivity (Wildman–Crippen MR) is 97.4 cm³/mol. The summed E-state index contributed by atoms with van der Waals surface area (Å²) in [5.41, 5.74) is 0.834. The van der Waals surface area contributed by atoms with Crippen molar-refractivity contribution in [3.05, 3.63) is 24.3 Å². The first-order valence-corrected chi connectivity index (χ1v) is 9.47.